The predicted molar refractivity (Wildman–Crippen MR) is 97.0 cm³/mol. The lowest BCUT2D eigenvalue weighted by Gasteiger charge is -2.40. The van der Waals surface area contributed by atoms with Gasteiger partial charge in [0.2, 0.25) is 5.56 Å². The summed E-state index contributed by atoms with van der Waals surface area (Å²) in [6.45, 7) is 4.88. The Kier molecular flexibility index (Phi) is 5.53. The molecule has 1 amide bonds. The van der Waals surface area contributed by atoms with E-state index in [1.165, 1.54) is 22.9 Å². The van der Waals surface area contributed by atoms with Gasteiger partial charge in [-0.15, -0.1) is 0 Å². The van der Waals surface area contributed by atoms with Gasteiger partial charge in [0.05, 0.1) is 30.5 Å². The first-order valence-corrected chi connectivity index (χ1v) is 8.78. The second kappa shape index (κ2) is 7.84. The number of likely N-dealkylation sites (N-methyl/N-ethyl adjacent to an activating group) is 1. The number of amides is 1. The molecule has 1 fully saturated rings. The average Bonchev–Trinajstić information content (AvgIpc) is 3.07. The summed E-state index contributed by atoms with van der Waals surface area (Å²) in [6, 6.07) is 2.97. The lowest BCUT2D eigenvalue weighted by molar-refractivity contribution is -0.0685. The van der Waals surface area contributed by atoms with Crippen LogP contribution in [0, 0.1) is 0 Å². The average molecular weight is 359 g/mol. The van der Waals surface area contributed by atoms with Crippen molar-refractivity contribution in [2.45, 2.75) is 19.1 Å². The molecule has 8 heteroatoms. The summed E-state index contributed by atoms with van der Waals surface area (Å²) < 4.78 is 9.13. The van der Waals surface area contributed by atoms with E-state index in [1.54, 1.807) is 11.7 Å². The number of hydrogen-bond acceptors (Lipinski definition) is 5. The molecule has 1 aliphatic rings. The lowest BCUT2D eigenvalue weighted by Crippen LogP contribution is -2.49. The minimum atomic E-state index is -0.220. The maximum atomic E-state index is 12.4. The zero-order valence-corrected chi connectivity index (χ0v) is 15.4. The number of hydrogen-bond donors (Lipinski definition) is 1. The Morgan fingerprint density at radius 2 is 2.15 bits per heavy atom. The standard InChI is InChI=1S/C18H25N5O3/c1-4-23-7-8-26-15(17(23)14-9-20-22(3)12-14)10-19-18(25)13-5-6-16(24)21(2)11-13/h5-6,9,11-12,15,17H,4,7-8,10H2,1-3H3,(H,19,25)/t15-,17-/m0/s1. The summed E-state index contributed by atoms with van der Waals surface area (Å²) in [5.74, 6) is -0.220. The number of nitrogens with one attached hydrogen (secondary N) is 1. The maximum absolute atomic E-state index is 12.4. The van der Waals surface area contributed by atoms with E-state index in [0.29, 0.717) is 18.7 Å². The first-order valence-electron chi connectivity index (χ1n) is 8.78. The van der Waals surface area contributed by atoms with Crippen LogP contribution in [0.25, 0.3) is 0 Å². The number of ether oxygens (including phenoxy) is 1. The van der Waals surface area contributed by atoms with Crippen LogP contribution < -0.4 is 10.9 Å². The van der Waals surface area contributed by atoms with Crippen LogP contribution in [0.1, 0.15) is 28.9 Å². The molecule has 3 heterocycles. The number of aromatic nitrogens is 3. The van der Waals surface area contributed by atoms with E-state index in [-0.39, 0.29) is 23.6 Å². The molecular weight excluding hydrogens is 334 g/mol. The molecule has 2 aromatic heterocycles. The van der Waals surface area contributed by atoms with Crippen molar-refractivity contribution in [1.29, 1.82) is 0 Å². The minimum absolute atomic E-state index is 0.0443. The van der Waals surface area contributed by atoms with Gasteiger partial charge in [-0.1, -0.05) is 6.92 Å². The molecule has 3 rings (SSSR count). The third kappa shape index (κ3) is 3.86. The van der Waals surface area contributed by atoms with Crippen LogP contribution >= 0.6 is 0 Å². The van der Waals surface area contributed by atoms with Crippen LogP contribution in [0.4, 0.5) is 0 Å². The maximum Gasteiger partial charge on any atom is 0.252 e. The molecule has 26 heavy (non-hydrogen) atoms. The lowest BCUT2D eigenvalue weighted by atomic mass is 10.0. The van der Waals surface area contributed by atoms with Gasteiger partial charge in [-0.25, -0.2) is 0 Å². The fourth-order valence-electron chi connectivity index (χ4n) is 3.35. The number of nitrogens with zero attached hydrogens (tertiary/aromatic N) is 4. The molecule has 0 radical (unpaired) electrons. The van der Waals surface area contributed by atoms with Gasteiger partial charge < -0.3 is 14.6 Å². The van der Waals surface area contributed by atoms with E-state index in [9.17, 15) is 9.59 Å². The molecule has 2 atom stereocenters. The molecule has 1 N–H and O–H groups in total. The molecule has 0 saturated carbocycles. The van der Waals surface area contributed by atoms with Crippen molar-refractivity contribution in [3.05, 3.63) is 52.2 Å². The molecule has 1 saturated heterocycles. The predicted octanol–water partition coefficient (Wildman–Crippen LogP) is 0.311. The smallest absolute Gasteiger partial charge is 0.252 e. The summed E-state index contributed by atoms with van der Waals surface area (Å²) in [5.41, 5.74) is 1.39. The van der Waals surface area contributed by atoms with Crippen LogP contribution in [0.5, 0.6) is 0 Å². The highest BCUT2D eigenvalue weighted by Gasteiger charge is 2.33. The minimum Gasteiger partial charge on any atom is -0.373 e. The van der Waals surface area contributed by atoms with Crippen molar-refractivity contribution >= 4 is 5.91 Å². The molecule has 1 aliphatic heterocycles. The van der Waals surface area contributed by atoms with Gasteiger partial charge in [-0.2, -0.15) is 5.10 Å². The van der Waals surface area contributed by atoms with E-state index in [1.807, 2.05) is 19.4 Å². The molecule has 0 unspecified atom stereocenters. The molecule has 8 nitrogen and oxygen atoms in total. The van der Waals surface area contributed by atoms with Gasteiger partial charge in [0.15, 0.2) is 0 Å². The van der Waals surface area contributed by atoms with Gasteiger partial charge >= 0.3 is 0 Å². The Bertz CT molecular complexity index is 828. The summed E-state index contributed by atoms with van der Waals surface area (Å²) >= 11 is 0. The van der Waals surface area contributed by atoms with Crippen LogP contribution in [0.2, 0.25) is 0 Å². The Hall–Kier alpha value is -2.45. The van der Waals surface area contributed by atoms with Crippen LogP contribution in [-0.4, -0.2) is 57.5 Å². The van der Waals surface area contributed by atoms with Gasteiger partial charge in [-0.05, 0) is 12.6 Å². The van der Waals surface area contributed by atoms with Crippen LogP contribution in [0.15, 0.2) is 35.5 Å². The van der Waals surface area contributed by atoms with Crippen molar-refractivity contribution < 1.29 is 9.53 Å². The summed E-state index contributed by atoms with van der Waals surface area (Å²) in [4.78, 5) is 26.2. The largest absolute Gasteiger partial charge is 0.373 e. The molecule has 0 aliphatic carbocycles. The van der Waals surface area contributed by atoms with E-state index in [4.69, 9.17) is 4.74 Å². The zero-order chi connectivity index (χ0) is 18.7. The number of carbonyl (C=O) groups excluding carboxylic acids is 1. The van der Waals surface area contributed by atoms with Crippen LogP contribution in [0.3, 0.4) is 0 Å². The highest BCUT2D eigenvalue weighted by molar-refractivity contribution is 5.93. The molecule has 0 bridgehead atoms. The highest BCUT2D eigenvalue weighted by atomic mass is 16.5. The van der Waals surface area contributed by atoms with Crippen molar-refractivity contribution in [2.24, 2.45) is 14.1 Å². The van der Waals surface area contributed by atoms with E-state index in [2.05, 4.69) is 22.2 Å². The van der Waals surface area contributed by atoms with Crippen molar-refractivity contribution in [3.8, 4) is 0 Å². The Morgan fingerprint density at radius 1 is 1.35 bits per heavy atom. The molecule has 0 aromatic carbocycles. The molecule has 2 aromatic rings. The van der Waals surface area contributed by atoms with Gasteiger partial charge in [0.25, 0.3) is 5.91 Å². The number of carbonyl (C=O) groups is 1. The van der Waals surface area contributed by atoms with E-state index in [0.717, 1.165) is 18.7 Å². The van der Waals surface area contributed by atoms with Crippen molar-refractivity contribution in [3.63, 3.8) is 0 Å². The van der Waals surface area contributed by atoms with Gasteiger partial charge in [0, 0.05) is 51.2 Å². The Morgan fingerprint density at radius 3 is 2.81 bits per heavy atom. The number of morpholine rings is 1. The molecule has 0 spiro atoms. The quantitative estimate of drug-likeness (QED) is 0.831. The Balaban J connectivity index is 1.72. The Labute approximate surface area is 152 Å². The van der Waals surface area contributed by atoms with Gasteiger partial charge in [0.1, 0.15) is 0 Å². The zero-order valence-electron chi connectivity index (χ0n) is 15.4. The highest BCUT2D eigenvalue weighted by Crippen LogP contribution is 2.28. The topological polar surface area (TPSA) is 81.4 Å². The fraction of sp³-hybridized carbons (Fsp3) is 0.500. The first kappa shape index (κ1) is 18.3. The fourth-order valence-corrected chi connectivity index (χ4v) is 3.35. The second-order valence-corrected chi connectivity index (χ2v) is 6.51. The number of rotatable bonds is 5. The van der Waals surface area contributed by atoms with Crippen LogP contribution in [-0.2, 0) is 18.8 Å². The number of pyridine rings is 1. The summed E-state index contributed by atoms with van der Waals surface area (Å²) in [7, 11) is 3.51. The number of aryl methyl sites for hydroxylation is 2. The third-order valence-corrected chi connectivity index (χ3v) is 4.74. The van der Waals surface area contributed by atoms with E-state index >= 15 is 0 Å². The normalized spacial score (nSPS) is 20.9. The SMILES string of the molecule is CCN1CCO[C@@H](CNC(=O)c2ccc(=O)n(C)c2)[C@@H]1c1cnn(C)c1. The first-order chi connectivity index (χ1) is 12.5. The van der Waals surface area contributed by atoms with E-state index < -0.39 is 0 Å². The van der Waals surface area contributed by atoms with Gasteiger partial charge in [-0.3, -0.25) is 19.2 Å². The summed E-state index contributed by atoms with van der Waals surface area (Å²) in [5, 5.41) is 7.20. The van der Waals surface area contributed by atoms with Crippen molar-refractivity contribution in [1.82, 2.24) is 24.6 Å². The third-order valence-electron chi connectivity index (χ3n) is 4.74. The second-order valence-electron chi connectivity index (χ2n) is 6.51. The molecular formula is C18H25N5O3. The monoisotopic (exact) mass is 359 g/mol. The van der Waals surface area contributed by atoms with Crippen molar-refractivity contribution in [2.75, 3.05) is 26.2 Å². The molecule has 140 valence electrons. The summed E-state index contributed by atoms with van der Waals surface area (Å²) in [6.07, 6.45) is 5.22.